The Hall–Kier alpha value is -1.02. The highest BCUT2D eigenvalue weighted by molar-refractivity contribution is 6.31. The molecule has 0 radical (unpaired) electrons. The van der Waals surface area contributed by atoms with Crippen LogP contribution in [0.4, 0.5) is 0 Å². The first-order chi connectivity index (χ1) is 6.24. The normalized spacial score (nSPS) is 9.69. The summed E-state index contributed by atoms with van der Waals surface area (Å²) in [6, 6.07) is 5.89. The molecule has 0 atom stereocenters. The van der Waals surface area contributed by atoms with Crippen LogP contribution in [-0.4, -0.2) is 13.0 Å². The molecule has 13 heavy (non-hydrogen) atoms. The summed E-state index contributed by atoms with van der Waals surface area (Å²) in [5.41, 5.74) is 2.27. The third kappa shape index (κ3) is 3.07. The van der Waals surface area contributed by atoms with E-state index < -0.39 is 0 Å². The van der Waals surface area contributed by atoms with E-state index >= 15 is 0 Å². The molecule has 0 bridgehead atoms. The summed E-state index contributed by atoms with van der Waals surface area (Å²) in [7, 11) is 0. The molecule has 2 nitrogen and oxygen atoms in total. The van der Waals surface area contributed by atoms with E-state index in [4.69, 9.17) is 11.6 Å². The fourth-order valence-corrected chi connectivity index (χ4v) is 1.26. The quantitative estimate of drug-likeness (QED) is 0.580. The Morgan fingerprint density at radius 2 is 2.31 bits per heavy atom. The van der Waals surface area contributed by atoms with Crippen molar-refractivity contribution in [2.24, 2.45) is 0 Å². The van der Waals surface area contributed by atoms with Gasteiger partial charge in [-0.05, 0) is 30.5 Å². The fourth-order valence-electron chi connectivity index (χ4n) is 1.14. The number of carbonyl (C=O) groups excluding carboxylic acids is 1. The molecule has 0 heterocycles. The number of benzene rings is 1. The summed E-state index contributed by atoms with van der Waals surface area (Å²) in [5.74, 6) is 0. The number of nitrogens with one attached hydrogen (secondary N) is 1. The number of rotatable bonds is 4. The van der Waals surface area contributed by atoms with E-state index in [1.165, 1.54) is 5.56 Å². The molecule has 1 aromatic carbocycles. The highest BCUT2D eigenvalue weighted by atomic mass is 35.5. The predicted octanol–water partition coefficient (Wildman–Crippen LogP) is 1.94. The maximum Gasteiger partial charge on any atom is 0.207 e. The van der Waals surface area contributed by atoms with Crippen molar-refractivity contribution in [1.29, 1.82) is 0 Å². The second kappa shape index (κ2) is 4.87. The Morgan fingerprint density at radius 3 is 2.92 bits per heavy atom. The SMILES string of the molecule is Cc1cc(CCNC=O)ccc1Cl. The maximum absolute atomic E-state index is 9.98. The first-order valence-corrected chi connectivity index (χ1v) is 4.54. The molecule has 0 aromatic heterocycles. The number of amides is 1. The Kier molecular flexibility index (Phi) is 3.77. The third-order valence-electron chi connectivity index (χ3n) is 1.86. The van der Waals surface area contributed by atoms with Gasteiger partial charge >= 0.3 is 0 Å². The number of aryl methyl sites for hydroxylation is 1. The van der Waals surface area contributed by atoms with Crippen molar-refractivity contribution in [2.45, 2.75) is 13.3 Å². The topological polar surface area (TPSA) is 29.1 Å². The summed E-state index contributed by atoms with van der Waals surface area (Å²) >= 11 is 5.87. The maximum atomic E-state index is 9.98. The van der Waals surface area contributed by atoms with Crippen LogP contribution in [0.3, 0.4) is 0 Å². The molecule has 0 unspecified atom stereocenters. The van der Waals surface area contributed by atoms with Gasteiger partial charge in [0.15, 0.2) is 0 Å². The van der Waals surface area contributed by atoms with Gasteiger partial charge in [-0.15, -0.1) is 0 Å². The second-order valence-corrected chi connectivity index (χ2v) is 3.31. The third-order valence-corrected chi connectivity index (χ3v) is 2.29. The molecule has 0 spiro atoms. The fraction of sp³-hybridized carbons (Fsp3) is 0.300. The van der Waals surface area contributed by atoms with Gasteiger partial charge in [-0.2, -0.15) is 0 Å². The number of halogens is 1. The van der Waals surface area contributed by atoms with Crippen molar-refractivity contribution in [3.63, 3.8) is 0 Å². The molecule has 0 aliphatic carbocycles. The van der Waals surface area contributed by atoms with Gasteiger partial charge in [-0.1, -0.05) is 23.7 Å². The Bertz CT molecular complexity index is 299. The summed E-state index contributed by atoms with van der Waals surface area (Å²) < 4.78 is 0. The van der Waals surface area contributed by atoms with Crippen molar-refractivity contribution < 1.29 is 4.79 Å². The zero-order valence-electron chi connectivity index (χ0n) is 7.51. The number of carbonyl (C=O) groups is 1. The van der Waals surface area contributed by atoms with E-state index in [-0.39, 0.29) is 0 Å². The van der Waals surface area contributed by atoms with E-state index in [1.807, 2.05) is 25.1 Å². The lowest BCUT2D eigenvalue weighted by atomic mass is 10.1. The molecule has 0 aliphatic rings. The summed E-state index contributed by atoms with van der Waals surface area (Å²) in [6.07, 6.45) is 1.56. The highest BCUT2D eigenvalue weighted by Crippen LogP contribution is 2.16. The molecule has 1 amide bonds. The average molecular weight is 198 g/mol. The lowest BCUT2D eigenvalue weighted by molar-refractivity contribution is -0.109. The van der Waals surface area contributed by atoms with Crippen LogP contribution < -0.4 is 5.32 Å². The average Bonchev–Trinajstić information content (AvgIpc) is 2.12. The molecular formula is C10H12ClNO. The van der Waals surface area contributed by atoms with Crippen LogP contribution in [0.25, 0.3) is 0 Å². The molecule has 0 aliphatic heterocycles. The summed E-state index contributed by atoms with van der Waals surface area (Å²) in [6.45, 7) is 2.64. The minimum atomic E-state index is 0.671. The summed E-state index contributed by atoms with van der Waals surface area (Å²) in [5, 5.41) is 3.40. The Balaban J connectivity index is 2.57. The van der Waals surface area contributed by atoms with Crippen LogP contribution in [0.5, 0.6) is 0 Å². The molecular weight excluding hydrogens is 186 g/mol. The molecule has 70 valence electrons. The van der Waals surface area contributed by atoms with Gasteiger partial charge < -0.3 is 5.32 Å². The highest BCUT2D eigenvalue weighted by Gasteiger charge is 1.96. The van der Waals surface area contributed by atoms with Gasteiger partial charge in [0.2, 0.25) is 6.41 Å². The van der Waals surface area contributed by atoms with Crippen molar-refractivity contribution in [3.8, 4) is 0 Å². The van der Waals surface area contributed by atoms with Crippen molar-refractivity contribution >= 4 is 18.0 Å². The molecule has 0 saturated carbocycles. The number of hydrogen-bond acceptors (Lipinski definition) is 1. The van der Waals surface area contributed by atoms with Crippen molar-refractivity contribution in [1.82, 2.24) is 5.32 Å². The predicted molar refractivity (Wildman–Crippen MR) is 54.0 cm³/mol. The van der Waals surface area contributed by atoms with Gasteiger partial charge in [0, 0.05) is 11.6 Å². The van der Waals surface area contributed by atoms with Gasteiger partial charge in [0.1, 0.15) is 0 Å². The first-order valence-electron chi connectivity index (χ1n) is 4.16. The minimum Gasteiger partial charge on any atom is -0.358 e. The van der Waals surface area contributed by atoms with E-state index in [2.05, 4.69) is 5.32 Å². The Morgan fingerprint density at radius 1 is 1.54 bits per heavy atom. The van der Waals surface area contributed by atoms with Crippen LogP contribution in [0, 0.1) is 6.92 Å². The minimum absolute atomic E-state index is 0.671. The van der Waals surface area contributed by atoms with Crippen LogP contribution >= 0.6 is 11.6 Å². The van der Waals surface area contributed by atoms with E-state index in [1.54, 1.807) is 0 Å². The van der Waals surface area contributed by atoms with E-state index in [0.29, 0.717) is 13.0 Å². The first kappa shape index (κ1) is 10.1. The molecule has 1 rings (SSSR count). The van der Waals surface area contributed by atoms with E-state index in [0.717, 1.165) is 17.0 Å². The summed E-state index contributed by atoms with van der Waals surface area (Å²) in [4.78, 5) is 9.98. The number of hydrogen-bond donors (Lipinski definition) is 1. The molecule has 1 aromatic rings. The van der Waals surface area contributed by atoms with Crippen LogP contribution in [0.15, 0.2) is 18.2 Å². The van der Waals surface area contributed by atoms with Gasteiger partial charge in [-0.25, -0.2) is 0 Å². The van der Waals surface area contributed by atoms with Gasteiger partial charge in [0.25, 0.3) is 0 Å². The second-order valence-electron chi connectivity index (χ2n) is 2.91. The molecule has 0 fully saturated rings. The van der Waals surface area contributed by atoms with Gasteiger partial charge in [-0.3, -0.25) is 4.79 Å². The standard InChI is InChI=1S/C10H12ClNO/c1-8-6-9(2-3-10(8)11)4-5-12-7-13/h2-3,6-7H,4-5H2,1H3,(H,12,13). The van der Waals surface area contributed by atoms with Crippen LogP contribution in [0.2, 0.25) is 5.02 Å². The zero-order valence-corrected chi connectivity index (χ0v) is 8.27. The van der Waals surface area contributed by atoms with Crippen LogP contribution in [-0.2, 0) is 11.2 Å². The Labute approximate surface area is 82.9 Å². The van der Waals surface area contributed by atoms with Crippen molar-refractivity contribution in [2.75, 3.05) is 6.54 Å². The molecule has 1 N–H and O–H groups in total. The molecule has 3 heteroatoms. The molecule has 0 saturated heterocycles. The lowest BCUT2D eigenvalue weighted by Gasteiger charge is -2.03. The van der Waals surface area contributed by atoms with E-state index in [9.17, 15) is 4.79 Å². The monoisotopic (exact) mass is 197 g/mol. The van der Waals surface area contributed by atoms with Gasteiger partial charge in [0.05, 0.1) is 0 Å². The zero-order chi connectivity index (χ0) is 9.68. The van der Waals surface area contributed by atoms with Crippen LogP contribution in [0.1, 0.15) is 11.1 Å². The smallest absolute Gasteiger partial charge is 0.207 e. The van der Waals surface area contributed by atoms with Crippen molar-refractivity contribution in [3.05, 3.63) is 34.3 Å². The lowest BCUT2D eigenvalue weighted by Crippen LogP contribution is -2.14. The largest absolute Gasteiger partial charge is 0.358 e.